The van der Waals surface area contributed by atoms with Gasteiger partial charge < -0.3 is 16.0 Å². The Kier molecular flexibility index (Phi) is 7.58. The van der Waals surface area contributed by atoms with Gasteiger partial charge in [0.1, 0.15) is 6.04 Å². The van der Waals surface area contributed by atoms with E-state index in [1.807, 2.05) is 38.3 Å². The van der Waals surface area contributed by atoms with Crippen LogP contribution in [0.3, 0.4) is 0 Å². The second kappa shape index (κ2) is 10.2. The SMILES string of the molecule is CC(=O)NCc1ccc(-c2nc(NC(=O)C(NC(=O)c3cccs3)C(C)C)sc2C)s1. The van der Waals surface area contributed by atoms with Gasteiger partial charge in [-0.05, 0) is 36.4 Å². The number of carbonyl (C=O) groups excluding carboxylic acids is 3. The van der Waals surface area contributed by atoms with Gasteiger partial charge in [-0.1, -0.05) is 19.9 Å². The van der Waals surface area contributed by atoms with Gasteiger partial charge in [-0.2, -0.15) is 0 Å². The van der Waals surface area contributed by atoms with Crippen molar-refractivity contribution in [1.29, 1.82) is 0 Å². The highest BCUT2D eigenvalue weighted by molar-refractivity contribution is 7.18. The molecule has 0 aliphatic carbocycles. The maximum atomic E-state index is 12.9. The van der Waals surface area contributed by atoms with E-state index in [0.29, 0.717) is 16.6 Å². The minimum absolute atomic E-state index is 0.0735. The third kappa shape index (κ3) is 5.99. The second-order valence-electron chi connectivity index (χ2n) is 7.26. The molecule has 1 atom stereocenters. The number of hydrogen-bond donors (Lipinski definition) is 3. The predicted molar refractivity (Wildman–Crippen MR) is 127 cm³/mol. The third-order valence-electron chi connectivity index (χ3n) is 4.41. The van der Waals surface area contributed by atoms with Gasteiger partial charge in [0.15, 0.2) is 5.13 Å². The van der Waals surface area contributed by atoms with Crippen LogP contribution >= 0.6 is 34.0 Å². The average Bonchev–Trinajstić information content (AvgIpc) is 3.45. The number of aryl methyl sites for hydroxylation is 1. The molecular formula is C21H24N4O3S3. The number of hydrogen-bond acceptors (Lipinski definition) is 7. The van der Waals surface area contributed by atoms with Crippen LogP contribution in [-0.4, -0.2) is 28.7 Å². The molecule has 0 spiro atoms. The van der Waals surface area contributed by atoms with Crippen LogP contribution in [0.5, 0.6) is 0 Å². The second-order valence-corrected chi connectivity index (χ2v) is 10.6. The van der Waals surface area contributed by atoms with E-state index in [9.17, 15) is 14.4 Å². The van der Waals surface area contributed by atoms with Gasteiger partial charge in [0.2, 0.25) is 11.8 Å². The molecule has 164 valence electrons. The maximum Gasteiger partial charge on any atom is 0.262 e. The lowest BCUT2D eigenvalue weighted by molar-refractivity contribution is -0.119. The average molecular weight is 477 g/mol. The van der Waals surface area contributed by atoms with Crippen LogP contribution < -0.4 is 16.0 Å². The zero-order chi connectivity index (χ0) is 22.5. The summed E-state index contributed by atoms with van der Waals surface area (Å²) >= 11 is 4.28. The van der Waals surface area contributed by atoms with E-state index in [-0.39, 0.29) is 23.6 Å². The van der Waals surface area contributed by atoms with Crippen molar-refractivity contribution < 1.29 is 14.4 Å². The molecular weight excluding hydrogens is 452 g/mol. The van der Waals surface area contributed by atoms with Crippen molar-refractivity contribution in [2.45, 2.75) is 40.3 Å². The van der Waals surface area contributed by atoms with Crippen LogP contribution in [0.15, 0.2) is 29.6 Å². The monoisotopic (exact) mass is 476 g/mol. The lowest BCUT2D eigenvalue weighted by Crippen LogP contribution is -2.46. The summed E-state index contributed by atoms with van der Waals surface area (Å²) in [4.78, 5) is 44.5. The van der Waals surface area contributed by atoms with Gasteiger partial charge in [0.25, 0.3) is 5.91 Å². The van der Waals surface area contributed by atoms with Gasteiger partial charge in [0, 0.05) is 16.7 Å². The summed E-state index contributed by atoms with van der Waals surface area (Å²) in [7, 11) is 0. The lowest BCUT2D eigenvalue weighted by Gasteiger charge is -2.20. The zero-order valence-corrected chi connectivity index (χ0v) is 20.1. The van der Waals surface area contributed by atoms with E-state index in [4.69, 9.17) is 0 Å². The number of thiophene rings is 2. The summed E-state index contributed by atoms with van der Waals surface area (Å²) < 4.78 is 0. The Labute approximate surface area is 192 Å². The molecule has 0 aliphatic heterocycles. The normalized spacial score (nSPS) is 11.9. The summed E-state index contributed by atoms with van der Waals surface area (Å²) in [5.41, 5.74) is 0.808. The molecule has 0 aliphatic rings. The van der Waals surface area contributed by atoms with Crippen molar-refractivity contribution in [2.75, 3.05) is 5.32 Å². The first-order valence-electron chi connectivity index (χ1n) is 9.70. The molecule has 7 nitrogen and oxygen atoms in total. The van der Waals surface area contributed by atoms with Gasteiger partial charge in [-0.25, -0.2) is 4.98 Å². The van der Waals surface area contributed by atoms with E-state index in [0.717, 1.165) is 20.3 Å². The van der Waals surface area contributed by atoms with Gasteiger partial charge in [0.05, 0.1) is 22.0 Å². The van der Waals surface area contributed by atoms with E-state index in [1.54, 1.807) is 23.5 Å². The number of amides is 3. The van der Waals surface area contributed by atoms with E-state index < -0.39 is 6.04 Å². The summed E-state index contributed by atoms with van der Waals surface area (Å²) in [6.07, 6.45) is 0. The summed E-state index contributed by atoms with van der Waals surface area (Å²) in [6, 6.07) is 6.78. The highest BCUT2D eigenvalue weighted by atomic mass is 32.1. The Morgan fingerprint density at radius 1 is 1.13 bits per heavy atom. The Morgan fingerprint density at radius 2 is 1.90 bits per heavy atom. The molecule has 1 unspecified atom stereocenters. The van der Waals surface area contributed by atoms with Gasteiger partial charge >= 0.3 is 0 Å². The van der Waals surface area contributed by atoms with E-state index in [1.165, 1.54) is 29.6 Å². The molecule has 0 radical (unpaired) electrons. The molecule has 3 aromatic rings. The van der Waals surface area contributed by atoms with Crippen molar-refractivity contribution in [3.8, 4) is 10.6 Å². The number of anilines is 1. The highest BCUT2D eigenvalue weighted by Crippen LogP contribution is 2.34. The highest BCUT2D eigenvalue weighted by Gasteiger charge is 2.26. The molecule has 3 heterocycles. The van der Waals surface area contributed by atoms with Crippen LogP contribution in [0.4, 0.5) is 5.13 Å². The topological polar surface area (TPSA) is 100 Å². The first-order chi connectivity index (χ1) is 14.7. The van der Waals surface area contributed by atoms with Crippen LogP contribution in [0.25, 0.3) is 10.6 Å². The van der Waals surface area contributed by atoms with Crippen molar-refractivity contribution in [2.24, 2.45) is 5.92 Å². The number of nitrogens with zero attached hydrogens (tertiary/aromatic N) is 1. The molecule has 3 aromatic heterocycles. The number of rotatable bonds is 8. The smallest absolute Gasteiger partial charge is 0.262 e. The van der Waals surface area contributed by atoms with Crippen molar-refractivity contribution >= 4 is 56.9 Å². The zero-order valence-electron chi connectivity index (χ0n) is 17.6. The molecule has 0 bridgehead atoms. The number of aromatic nitrogens is 1. The number of nitrogens with one attached hydrogen (secondary N) is 3. The van der Waals surface area contributed by atoms with Gasteiger partial charge in [-0.3, -0.25) is 14.4 Å². The first-order valence-corrected chi connectivity index (χ1v) is 12.2. The minimum atomic E-state index is -0.673. The molecule has 0 fully saturated rings. The molecule has 10 heteroatoms. The fraction of sp³-hybridized carbons (Fsp3) is 0.333. The standard InChI is InChI=1S/C21H24N4O3S3/c1-11(2)17(23-19(27)16-6-5-9-29-16)20(28)25-21-24-18(12(3)30-21)15-8-7-14(31-15)10-22-13(4)26/h5-9,11,17H,10H2,1-4H3,(H,22,26)(H,23,27)(H,24,25,28). The fourth-order valence-electron chi connectivity index (χ4n) is 2.83. The van der Waals surface area contributed by atoms with Crippen LogP contribution in [0, 0.1) is 12.8 Å². The minimum Gasteiger partial charge on any atom is -0.351 e. The van der Waals surface area contributed by atoms with Crippen molar-refractivity contribution in [1.82, 2.24) is 15.6 Å². The lowest BCUT2D eigenvalue weighted by atomic mass is 10.0. The fourth-order valence-corrected chi connectivity index (χ4v) is 5.35. The van der Waals surface area contributed by atoms with Crippen LogP contribution in [-0.2, 0) is 16.1 Å². The quantitative estimate of drug-likeness (QED) is 0.452. The number of thiazole rings is 1. The van der Waals surface area contributed by atoms with Gasteiger partial charge in [-0.15, -0.1) is 34.0 Å². The van der Waals surface area contributed by atoms with E-state index >= 15 is 0 Å². The largest absolute Gasteiger partial charge is 0.351 e. The Hall–Kier alpha value is -2.56. The molecule has 3 N–H and O–H groups in total. The van der Waals surface area contributed by atoms with E-state index in [2.05, 4.69) is 20.9 Å². The molecule has 31 heavy (non-hydrogen) atoms. The van der Waals surface area contributed by atoms with Crippen molar-refractivity contribution in [3.63, 3.8) is 0 Å². The molecule has 3 amide bonds. The third-order valence-corrected chi connectivity index (χ3v) is 7.26. The summed E-state index contributed by atoms with van der Waals surface area (Å²) in [5, 5.41) is 10.8. The summed E-state index contributed by atoms with van der Waals surface area (Å²) in [6.45, 7) is 7.70. The molecule has 0 saturated carbocycles. The molecule has 3 rings (SSSR count). The Morgan fingerprint density at radius 3 is 2.55 bits per heavy atom. The van der Waals surface area contributed by atoms with Crippen molar-refractivity contribution in [3.05, 3.63) is 44.3 Å². The summed E-state index contributed by atoms with van der Waals surface area (Å²) in [5.74, 6) is -0.711. The first kappa shape index (κ1) is 23.1. The predicted octanol–water partition coefficient (Wildman–Crippen LogP) is 4.27. The van der Waals surface area contributed by atoms with Crippen LogP contribution in [0.2, 0.25) is 0 Å². The Bertz CT molecular complexity index is 1070. The number of carbonyl (C=O) groups is 3. The van der Waals surface area contributed by atoms with Crippen LogP contribution in [0.1, 0.15) is 40.2 Å². The maximum absolute atomic E-state index is 12.9. The molecule has 0 saturated heterocycles. The molecule has 0 aromatic carbocycles. The Balaban J connectivity index is 1.70.